The van der Waals surface area contributed by atoms with Crippen molar-refractivity contribution in [2.75, 3.05) is 12.8 Å². The van der Waals surface area contributed by atoms with Crippen molar-refractivity contribution in [2.45, 2.75) is 13.1 Å². The minimum Gasteiger partial charge on any atom is -0.494 e. The molecule has 0 atom stereocenters. The number of hydrogen-bond acceptors (Lipinski definition) is 6. The van der Waals surface area contributed by atoms with Crippen LogP contribution in [0.15, 0.2) is 51.7 Å². The molecule has 5 aromatic rings. The molecule has 3 aromatic heterocycles. The second kappa shape index (κ2) is 7.12. The molecule has 0 fully saturated rings. The molecule has 0 saturated heterocycles. The second-order valence-corrected chi connectivity index (χ2v) is 7.37. The molecule has 0 bridgehead atoms. The van der Waals surface area contributed by atoms with Gasteiger partial charge in [-0.15, -0.1) is 0 Å². The summed E-state index contributed by atoms with van der Waals surface area (Å²) in [7, 11) is 1.43. The molecule has 0 saturated carbocycles. The Balaban J connectivity index is 1.82. The fourth-order valence-electron chi connectivity index (χ4n) is 3.80. The molecule has 0 aliphatic heterocycles. The Hall–Kier alpha value is -4.28. The number of aromatic amines is 1. The number of methoxy groups -OCH3 is 1. The molecule has 5 rings (SSSR count). The summed E-state index contributed by atoms with van der Waals surface area (Å²) in [5, 5.41) is 3.62. The summed E-state index contributed by atoms with van der Waals surface area (Å²) < 4.78 is 53.2. The third-order valence-electron chi connectivity index (χ3n) is 5.22. The second-order valence-electron chi connectivity index (χ2n) is 7.37. The van der Waals surface area contributed by atoms with Crippen molar-refractivity contribution in [1.29, 1.82) is 0 Å². The van der Waals surface area contributed by atoms with Crippen molar-refractivity contribution >= 4 is 22.4 Å². The lowest BCUT2D eigenvalue weighted by atomic mass is 10.1. The van der Waals surface area contributed by atoms with E-state index < -0.39 is 17.4 Å². The first kappa shape index (κ1) is 20.6. The molecular weight excluding hydrogens is 439 g/mol. The number of nitrogens with one attached hydrogen (secondary N) is 1. The van der Waals surface area contributed by atoms with Gasteiger partial charge in [0.05, 0.1) is 12.7 Å². The Morgan fingerprint density at radius 1 is 1.15 bits per heavy atom. The molecule has 8 nitrogen and oxygen atoms in total. The minimum atomic E-state index is -4.78. The SMILES string of the molecule is COc1cc(N)cc2oc(-c3c(C)[nH]c4c(-c5ccccc5)c(C(F)(F)F)nn4c3=O)nc12. The molecule has 3 N–H and O–H groups in total. The number of halogens is 3. The van der Waals surface area contributed by atoms with Gasteiger partial charge in [0.1, 0.15) is 11.2 Å². The number of anilines is 1. The molecule has 0 unspecified atom stereocenters. The van der Waals surface area contributed by atoms with Gasteiger partial charge in [-0.25, -0.2) is 4.98 Å². The van der Waals surface area contributed by atoms with Gasteiger partial charge in [-0.3, -0.25) is 4.79 Å². The highest BCUT2D eigenvalue weighted by Gasteiger charge is 2.39. The van der Waals surface area contributed by atoms with Crippen LogP contribution in [0.25, 0.3) is 39.3 Å². The number of oxazole rings is 1. The number of aromatic nitrogens is 4. The number of hydrogen-bond donors (Lipinski definition) is 2. The van der Waals surface area contributed by atoms with Crippen molar-refractivity contribution in [2.24, 2.45) is 0 Å². The number of rotatable bonds is 3. The summed E-state index contributed by atoms with van der Waals surface area (Å²) in [6, 6.07) is 11.0. The molecule has 0 aliphatic carbocycles. The zero-order chi connectivity index (χ0) is 23.5. The summed E-state index contributed by atoms with van der Waals surface area (Å²) in [6.07, 6.45) is -4.78. The maximum absolute atomic E-state index is 13.8. The Morgan fingerprint density at radius 2 is 1.88 bits per heavy atom. The van der Waals surface area contributed by atoms with Gasteiger partial charge in [0.2, 0.25) is 5.89 Å². The summed E-state index contributed by atoms with van der Waals surface area (Å²) in [4.78, 5) is 20.5. The largest absolute Gasteiger partial charge is 0.494 e. The number of nitrogens with two attached hydrogens (primary N) is 1. The van der Waals surface area contributed by atoms with Gasteiger partial charge in [0.15, 0.2) is 22.5 Å². The molecular formula is C22H16F3N5O3. The van der Waals surface area contributed by atoms with Gasteiger partial charge in [0, 0.05) is 23.5 Å². The van der Waals surface area contributed by atoms with Gasteiger partial charge in [-0.05, 0) is 12.5 Å². The third-order valence-corrected chi connectivity index (χ3v) is 5.22. The van der Waals surface area contributed by atoms with E-state index in [1.807, 2.05) is 0 Å². The van der Waals surface area contributed by atoms with Crippen LogP contribution in [-0.2, 0) is 6.18 Å². The Bertz CT molecular complexity index is 1580. The van der Waals surface area contributed by atoms with Crippen LogP contribution in [-0.4, -0.2) is 26.7 Å². The molecule has 0 amide bonds. The third kappa shape index (κ3) is 3.20. The van der Waals surface area contributed by atoms with Crippen LogP contribution in [0.5, 0.6) is 5.75 Å². The van der Waals surface area contributed by atoms with Crippen LogP contribution in [0.3, 0.4) is 0 Å². The maximum Gasteiger partial charge on any atom is 0.435 e. The number of nitrogen functional groups attached to an aromatic ring is 1. The Morgan fingerprint density at radius 3 is 2.55 bits per heavy atom. The highest BCUT2D eigenvalue weighted by atomic mass is 19.4. The van der Waals surface area contributed by atoms with Crippen LogP contribution in [0.1, 0.15) is 11.4 Å². The molecule has 0 aliphatic rings. The standard InChI is InChI=1S/C22H16F3N5O3/c1-10-15(20-28-17-13(32-2)8-12(26)9-14(17)33-20)21(31)30-19(27-10)16(11-6-4-3-5-7-11)18(29-30)22(23,24)25/h3-9,27H,26H2,1-2H3. The van der Waals surface area contributed by atoms with E-state index in [1.54, 1.807) is 31.2 Å². The van der Waals surface area contributed by atoms with E-state index in [-0.39, 0.29) is 39.5 Å². The van der Waals surface area contributed by atoms with E-state index in [0.29, 0.717) is 21.5 Å². The number of fused-ring (bicyclic) bond motifs is 2. The van der Waals surface area contributed by atoms with Gasteiger partial charge in [-0.1, -0.05) is 30.3 Å². The first-order chi connectivity index (χ1) is 15.7. The first-order valence-electron chi connectivity index (χ1n) is 9.71. The van der Waals surface area contributed by atoms with Gasteiger partial charge in [0.25, 0.3) is 5.56 Å². The average molecular weight is 455 g/mol. The fourth-order valence-corrected chi connectivity index (χ4v) is 3.80. The van der Waals surface area contributed by atoms with E-state index in [2.05, 4.69) is 15.1 Å². The Labute approximate surface area is 183 Å². The van der Waals surface area contributed by atoms with Gasteiger partial charge in [-0.2, -0.15) is 22.8 Å². The van der Waals surface area contributed by atoms with Crippen LogP contribution in [0, 0.1) is 6.92 Å². The smallest absolute Gasteiger partial charge is 0.435 e. The molecule has 33 heavy (non-hydrogen) atoms. The number of nitrogens with zero attached hydrogens (tertiary/aromatic N) is 3. The predicted octanol–water partition coefficient (Wildman–Crippen LogP) is 4.42. The number of H-pyrrole nitrogens is 1. The minimum absolute atomic E-state index is 0.0600. The van der Waals surface area contributed by atoms with Crippen molar-refractivity contribution in [3.63, 3.8) is 0 Å². The quantitative estimate of drug-likeness (QED) is 0.390. The van der Waals surface area contributed by atoms with E-state index in [0.717, 1.165) is 0 Å². The summed E-state index contributed by atoms with van der Waals surface area (Å²) in [6.45, 7) is 1.55. The average Bonchev–Trinajstić information content (AvgIpc) is 3.35. The molecule has 0 spiro atoms. The zero-order valence-electron chi connectivity index (χ0n) is 17.3. The summed E-state index contributed by atoms with van der Waals surface area (Å²) >= 11 is 0. The number of ether oxygens (including phenoxy) is 1. The van der Waals surface area contributed by atoms with Gasteiger partial charge >= 0.3 is 6.18 Å². The number of alkyl halides is 3. The molecule has 0 radical (unpaired) electrons. The molecule has 2 aromatic carbocycles. The maximum atomic E-state index is 13.8. The van der Waals surface area contributed by atoms with Crippen LogP contribution < -0.4 is 16.0 Å². The van der Waals surface area contributed by atoms with Crippen LogP contribution in [0.2, 0.25) is 0 Å². The van der Waals surface area contributed by atoms with Crippen molar-refractivity contribution in [1.82, 2.24) is 19.6 Å². The monoisotopic (exact) mass is 455 g/mol. The lowest BCUT2D eigenvalue weighted by Crippen LogP contribution is -2.19. The first-order valence-corrected chi connectivity index (χ1v) is 9.71. The number of benzene rings is 2. The highest BCUT2D eigenvalue weighted by molar-refractivity contribution is 5.86. The van der Waals surface area contributed by atoms with Crippen molar-refractivity contribution in [3.05, 3.63) is 64.2 Å². The number of aryl methyl sites for hydroxylation is 1. The van der Waals surface area contributed by atoms with E-state index in [1.165, 1.54) is 25.3 Å². The van der Waals surface area contributed by atoms with Crippen molar-refractivity contribution in [3.8, 4) is 28.3 Å². The summed E-state index contributed by atoms with van der Waals surface area (Å²) in [5.41, 5.74) is 4.96. The topological polar surface area (TPSA) is 111 Å². The lowest BCUT2D eigenvalue weighted by Gasteiger charge is -2.07. The van der Waals surface area contributed by atoms with Crippen LogP contribution in [0.4, 0.5) is 18.9 Å². The molecule has 3 heterocycles. The predicted molar refractivity (Wildman–Crippen MR) is 115 cm³/mol. The normalized spacial score (nSPS) is 12.0. The molecule has 11 heteroatoms. The van der Waals surface area contributed by atoms with Crippen molar-refractivity contribution < 1.29 is 22.3 Å². The van der Waals surface area contributed by atoms with E-state index in [4.69, 9.17) is 14.9 Å². The molecule has 168 valence electrons. The van der Waals surface area contributed by atoms with E-state index in [9.17, 15) is 18.0 Å². The van der Waals surface area contributed by atoms with E-state index >= 15 is 0 Å². The summed E-state index contributed by atoms with van der Waals surface area (Å²) in [5.74, 6) is 0.236. The van der Waals surface area contributed by atoms with Gasteiger partial charge < -0.3 is 19.9 Å². The highest BCUT2D eigenvalue weighted by Crippen LogP contribution is 2.39. The zero-order valence-corrected chi connectivity index (χ0v) is 17.3. The van der Waals surface area contributed by atoms with Crippen LogP contribution >= 0.6 is 0 Å². The Kier molecular flexibility index (Phi) is 4.45. The fraction of sp³-hybridized carbons (Fsp3) is 0.136. The lowest BCUT2D eigenvalue weighted by molar-refractivity contribution is -0.140.